The average molecular weight is 492 g/mol. The number of hydrogen-bond donors (Lipinski definition) is 0. The number of benzene rings is 3. The number of rotatable bonds is 10. The highest BCUT2D eigenvalue weighted by atomic mass is 32.2. The van der Waals surface area contributed by atoms with E-state index in [1.165, 1.54) is 11.8 Å². The Balaban J connectivity index is 1.33. The van der Waals surface area contributed by atoms with Crippen LogP contribution in [0.5, 0.6) is 17.2 Å². The zero-order chi connectivity index (χ0) is 23.8. The molecule has 0 saturated carbocycles. The van der Waals surface area contributed by atoms with Gasteiger partial charge in [-0.3, -0.25) is 9.69 Å². The molecule has 0 N–H and O–H groups in total. The minimum Gasteiger partial charge on any atom is -0.497 e. The lowest BCUT2D eigenvalue weighted by Crippen LogP contribution is -2.27. The van der Waals surface area contributed by atoms with Crippen LogP contribution in [0.2, 0.25) is 0 Å². The van der Waals surface area contributed by atoms with Gasteiger partial charge in [0.1, 0.15) is 21.6 Å². The van der Waals surface area contributed by atoms with Crippen molar-refractivity contribution < 1.29 is 19.0 Å². The van der Waals surface area contributed by atoms with E-state index in [0.717, 1.165) is 34.8 Å². The zero-order valence-corrected chi connectivity index (χ0v) is 20.4. The number of thiocarbonyl (C=S) groups is 1. The van der Waals surface area contributed by atoms with E-state index in [4.69, 9.17) is 26.4 Å². The Bertz CT molecular complexity index is 1160. The fourth-order valence-electron chi connectivity index (χ4n) is 3.38. The number of para-hydroxylation sites is 1. The van der Waals surface area contributed by atoms with Crippen LogP contribution in [-0.4, -0.2) is 35.5 Å². The van der Waals surface area contributed by atoms with Crippen molar-refractivity contribution in [1.29, 1.82) is 0 Å². The number of methoxy groups -OCH3 is 1. The number of amides is 1. The first-order valence-electron chi connectivity index (χ1n) is 10.9. The quantitative estimate of drug-likeness (QED) is 0.199. The van der Waals surface area contributed by atoms with Crippen molar-refractivity contribution in [1.82, 2.24) is 4.90 Å². The minimum atomic E-state index is -0.0819. The smallest absolute Gasteiger partial charge is 0.266 e. The van der Waals surface area contributed by atoms with Gasteiger partial charge < -0.3 is 14.2 Å². The molecule has 7 heteroatoms. The molecule has 0 aromatic heterocycles. The highest BCUT2D eigenvalue weighted by Gasteiger charge is 2.32. The first-order chi connectivity index (χ1) is 16.6. The van der Waals surface area contributed by atoms with Crippen LogP contribution in [0.15, 0.2) is 83.8 Å². The molecule has 5 nitrogen and oxygen atoms in total. The van der Waals surface area contributed by atoms with Gasteiger partial charge in [0.15, 0.2) is 0 Å². The summed E-state index contributed by atoms with van der Waals surface area (Å²) in [5.74, 6) is 2.23. The van der Waals surface area contributed by atoms with E-state index in [-0.39, 0.29) is 5.91 Å². The van der Waals surface area contributed by atoms with E-state index in [1.54, 1.807) is 12.0 Å². The number of hydrogen-bond acceptors (Lipinski definition) is 6. The summed E-state index contributed by atoms with van der Waals surface area (Å²) in [5, 5.41) is 0. The normalized spacial score (nSPS) is 14.5. The fourth-order valence-corrected chi connectivity index (χ4v) is 4.62. The van der Waals surface area contributed by atoms with Crippen molar-refractivity contribution in [2.75, 3.05) is 20.3 Å². The second-order valence-electron chi connectivity index (χ2n) is 7.52. The summed E-state index contributed by atoms with van der Waals surface area (Å²) in [4.78, 5) is 15.2. The van der Waals surface area contributed by atoms with E-state index >= 15 is 0 Å². The van der Waals surface area contributed by atoms with Gasteiger partial charge in [0.25, 0.3) is 5.91 Å². The van der Waals surface area contributed by atoms with E-state index < -0.39 is 0 Å². The summed E-state index contributed by atoms with van der Waals surface area (Å²) < 4.78 is 17.5. The van der Waals surface area contributed by atoms with Crippen molar-refractivity contribution in [2.45, 2.75) is 13.0 Å². The molecule has 0 atom stereocenters. The summed E-state index contributed by atoms with van der Waals surface area (Å²) in [7, 11) is 1.64. The first kappa shape index (κ1) is 23.9. The maximum Gasteiger partial charge on any atom is 0.266 e. The van der Waals surface area contributed by atoms with Gasteiger partial charge >= 0.3 is 0 Å². The van der Waals surface area contributed by atoms with E-state index in [9.17, 15) is 4.79 Å². The van der Waals surface area contributed by atoms with Gasteiger partial charge in [0.2, 0.25) is 0 Å². The second-order valence-corrected chi connectivity index (χ2v) is 9.19. The summed E-state index contributed by atoms with van der Waals surface area (Å²) >= 11 is 6.79. The van der Waals surface area contributed by atoms with Crippen LogP contribution >= 0.6 is 24.0 Å². The van der Waals surface area contributed by atoms with Gasteiger partial charge in [-0.15, -0.1) is 0 Å². The molecule has 34 heavy (non-hydrogen) atoms. The molecule has 0 spiro atoms. The molecular formula is C27H25NO4S2. The Hall–Kier alpha value is -3.29. The molecular weight excluding hydrogens is 466 g/mol. The number of ether oxygens (including phenoxy) is 3. The highest BCUT2D eigenvalue weighted by Crippen LogP contribution is 2.35. The van der Waals surface area contributed by atoms with E-state index in [0.29, 0.717) is 29.0 Å². The number of carbonyl (C=O) groups is 1. The Morgan fingerprint density at radius 2 is 1.56 bits per heavy atom. The molecule has 1 amide bonds. The molecule has 1 aliphatic rings. The summed E-state index contributed by atoms with van der Waals surface area (Å²) in [6, 6.07) is 25.0. The Morgan fingerprint density at radius 3 is 2.32 bits per heavy atom. The SMILES string of the molecule is COc1ccc(OCCCOc2ccccc2C=C2SC(=S)N(Cc3ccccc3)C2=O)cc1. The number of thioether (sulfide) groups is 1. The molecule has 4 rings (SSSR count). The lowest BCUT2D eigenvalue weighted by molar-refractivity contribution is -0.122. The number of carbonyl (C=O) groups excluding carboxylic acids is 1. The number of nitrogens with zero attached hydrogens (tertiary/aromatic N) is 1. The van der Waals surface area contributed by atoms with Crippen LogP contribution in [0.3, 0.4) is 0 Å². The zero-order valence-electron chi connectivity index (χ0n) is 18.8. The topological polar surface area (TPSA) is 48.0 Å². The van der Waals surface area contributed by atoms with Crippen LogP contribution in [0.1, 0.15) is 17.5 Å². The highest BCUT2D eigenvalue weighted by molar-refractivity contribution is 8.26. The van der Waals surface area contributed by atoms with Gasteiger partial charge in [0.05, 0.1) is 31.8 Å². The molecule has 0 aliphatic carbocycles. The standard InChI is InChI=1S/C27H25NO4S2/c1-30-22-12-14-23(15-13-22)31-16-7-17-32-24-11-6-5-10-21(24)18-25-26(29)28(27(33)34-25)19-20-8-3-2-4-9-20/h2-6,8-15,18H,7,16-17,19H2,1H3. The predicted molar refractivity (Wildman–Crippen MR) is 140 cm³/mol. The molecule has 1 saturated heterocycles. The van der Waals surface area contributed by atoms with Gasteiger partial charge in [-0.05, 0) is 42.0 Å². The lowest BCUT2D eigenvalue weighted by Gasteiger charge is -2.14. The van der Waals surface area contributed by atoms with Crippen LogP contribution in [-0.2, 0) is 11.3 Å². The van der Waals surface area contributed by atoms with Gasteiger partial charge in [-0.1, -0.05) is 72.5 Å². The third kappa shape index (κ3) is 6.18. The molecule has 1 aliphatic heterocycles. The third-order valence-electron chi connectivity index (χ3n) is 5.14. The van der Waals surface area contributed by atoms with Crippen LogP contribution in [0, 0.1) is 0 Å². The molecule has 1 fully saturated rings. The Kier molecular flexibility index (Phi) is 8.22. The summed E-state index contributed by atoms with van der Waals surface area (Å²) in [6.07, 6.45) is 2.58. The molecule has 0 bridgehead atoms. The van der Waals surface area contributed by atoms with Crippen molar-refractivity contribution >= 4 is 40.3 Å². The second kappa shape index (κ2) is 11.7. The molecule has 3 aromatic carbocycles. The van der Waals surface area contributed by atoms with Gasteiger partial charge in [-0.2, -0.15) is 0 Å². The van der Waals surface area contributed by atoms with Crippen molar-refractivity contribution in [2.24, 2.45) is 0 Å². The Labute approximate surface area is 209 Å². The maximum atomic E-state index is 13.0. The van der Waals surface area contributed by atoms with Crippen molar-refractivity contribution in [3.63, 3.8) is 0 Å². The Morgan fingerprint density at radius 1 is 0.882 bits per heavy atom. The van der Waals surface area contributed by atoms with E-state index in [2.05, 4.69) is 0 Å². The average Bonchev–Trinajstić information content (AvgIpc) is 3.13. The minimum absolute atomic E-state index is 0.0819. The molecule has 1 heterocycles. The fraction of sp³-hybridized carbons (Fsp3) is 0.185. The maximum absolute atomic E-state index is 13.0. The van der Waals surface area contributed by atoms with Crippen LogP contribution < -0.4 is 14.2 Å². The molecule has 0 radical (unpaired) electrons. The van der Waals surface area contributed by atoms with Crippen molar-refractivity contribution in [3.05, 3.63) is 94.9 Å². The molecule has 0 unspecified atom stereocenters. The van der Waals surface area contributed by atoms with Gasteiger partial charge in [0, 0.05) is 12.0 Å². The monoisotopic (exact) mass is 491 g/mol. The summed E-state index contributed by atoms with van der Waals surface area (Å²) in [5.41, 5.74) is 1.89. The van der Waals surface area contributed by atoms with E-state index in [1.807, 2.05) is 84.9 Å². The van der Waals surface area contributed by atoms with Crippen molar-refractivity contribution in [3.8, 4) is 17.2 Å². The van der Waals surface area contributed by atoms with Crippen LogP contribution in [0.4, 0.5) is 0 Å². The predicted octanol–water partition coefficient (Wildman–Crippen LogP) is 5.94. The first-order valence-corrected chi connectivity index (χ1v) is 12.1. The lowest BCUT2D eigenvalue weighted by atomic mass is 10.1. The van der Waals surface area contributed by atoms with Gasteiger partial charge in [-0.25, -0.2) is 0 Å². The largest absolute Gasteiger partial charge is 0.497 e. The molecule has 174 valence electrons. The third-order valence-corrected chi connectivity index (χ3v) is 6.51. The van der Waals surface area contributed by atoms with Crippen LogP contribution in [0.25, 0.3) is 6.08 Å². The summed E-state index contributed by atoms with van der Waals surface area (Å²) in [6.45, 7) is 1.50. The molecule has 3 aromatic rings.